The summed E-state index contributed by atoms with van der Waals surface area (Å²) in [4.78, 5) is 26.1. The maximum absolute atomic E-state index is 14.0. The molecule has 2 aromatic carbocycles. The van der Waals surface area contributed by atoms with E-state index in [0.717, 1.165) is 12.3 Å². The van der Waals surface area contributed by atoms with Gasteiger partial charge < -0.3 is 19.9 Å². The number of pyridine rings is 1. The summed E-state index contributed by atoms with van der Waals surface area (Å²) in [6, 6.07) is 10.2. The largest absolute Gasteiger partial charge is 0.418 e. The van der Waals surface area contributed by atoms with Crippen LogP contribution in [0.1, 0.15) is 15.9 Å². The summed E-state index contributed by atoms with van der Waals surface area (Å²) in [5.41, 5.74) is 3.91. The number of carbonyl (C=O) groups is 1. The fraction of sp³-hybridized carbons (Fsp3) is 0.238. The van der Waals surface area contributed by atoms with Crippen LogP contribution in [0.3, 0.4) is 0 Å². The van der Waals surface area contributed by atoms with Crippen molar-refractivity contribution in [3.05, 3.63) is 70.0 Å². The zero-order chi connectivity index (χ0) is 21.5. The Morgan fingerprint density at radius 3 is 2.43 bits per heavy atom. The Morgan fingerprint density at radius 2 is 1.77 bits per heavy atom. The van der Waals surface area contributed by atoms with E-state index < -0.39 is 23.1 Å². The minimum absolute atomic E-state index is 0.110. The van der Waals surface area contributed by atoms with E-state index in [1.807, 2.05) is 4.90 Å². The number of primary amides is 1. The first kappa shape index (κ1) is 20.0. The van der Waals surface area contributed by atoms with Crippen molar-refractivity contribution in [3.63, 3.8) is 0 Å². The van der Waals surface area contributed by atoms with E-state index in [0.29, 0.717) is 32.0 Å². The van der Waals surface area contributed by atoms with Crippen LogP contribution in [-0.4, -0.2) is 36.8 Å². The van der Waals surface area contributed by atoms with Crippen LogP contribution in [0.4, 0.5) is 18.9 Å². The van der Waals surface area contributed by atoms with E-state index in [1.165, 1.54) is 22.8 Å². The molecule has 2 N–H and O–H groups in total. The number of carbonyl (C=O) groups excluding carboxylic acids is 1. The first-order valence-electron chi connectivity index (χ1n) is 9.26. The topological polar surface area (TPSA) is 77.6 Å². The van der Waals surface area contributed by atoms with Crippen molar-refractivity contribution < 1.29 is 22.7 Å². The van der Waals surface area contributed by atoms with Crippen molar-refractivity contribution in [2.24, 2.45) is 5.73 Å². The van der Waals surface area contributed by atoms with Crippen LogP contribution in [0.2, 0.25) is 0 Å². The summed E-state index contributed by atoms with van der Waals surface area (Å²) in [6.45, 7) is 1.86. The molecule has 1 aliphatic rings. The van der Waals surface area contributed by atoms with Gasteiger partial charge in [-0.3, -0.25) is 9.59 Å². The number of hydrogen-bond donors (Lipinski definition) is 1. The molecule has 0 spiro atoms. The number of hydrogen-bond acceptors (Lipinski definition) is 4. The molecule has 1 aromatic heterocycles. The molecule has 156 valence electrons. The fourth-order valence-electron chi connectivity index (χ4n) is 3.63. The summed E-state index contributed by atoms with van der Waals surface area (Å²) in [5.74, 6) is -1.00. The molecule has 1 amide bonds. The molecule has 0 unspecified atom stereocenters. The van der Waals surface area contributed by atoms with Crippen molar-refractivity contribution in [3.8, 4) is 5.69 Å². The lowest BCUT2D eigenvalue weighted by molar-refractivity contribution is -0.137. The molecule has 0 aliphatic carbocycles. The number of amides is 1. The van der Waals surface area contributed by atoms with Gasteiger partial charge in [0.1, 0.15) is 5.56 Å². The zero-order valence-electron chi connectivity index (χ0n) is 15.8. The Morgan fingerprint density at radius 1 is 1.07 bits per heavy atom. The minimum atomic E-state index is -4.66. The van der Waals surface area contributed by atoms with E-state index >= 15 is 0 Å². The van der Waals surface area contributed by atoms with Crippen LogP contribution in [0, 0.1) is 0 Å². The van der Waals surface area contributed by atoms with Crippen LogP contribution < -0.4 is 16.1 Å². The second-order valence-corrected chi connectivity index (χ2v) is 6.92. The Labute approximate surface area is 169 Å². The van der Waals surface area contributed by atoms with Gasteiger partial charge >= 0.3 is 6.18 Å². The molecule has 0 bridgehead atoms. The van der Waals surface area contributed by atoms with Gasteiger partial charge in [0.15, 0.2) is 0 Å². The van der Waals surface area contributed by atoms with Gasteiger partial charge in [-0.2, -0.15) is 13.2 Å². The number of nitrogens with two attached hydrogens (primary N) is 1. The molecule has 6 nitrogen and oxygen atoms in total. The summed E-state index contributed by atoms with van der Waals surface area (Å²) in [6.07, 6.45) is -3.58. The zero-order valence-corrected chi connectivity index (χ0v) is 15.8. The van der Waals surface area contributed by atoms with Gasteiger partial charge in [0.05, 0.1) is 30.0 Å². The molecule has 0 radical (unpaired) electrons. The van der Waals surface area contributed by atoms with Crippen LogP contribution in [-0.2, 0) is 10.9 Å². The number of anilines is 1. The average Bonchev–Trinajstić information content (AvgIpc) is 2.74. The normalized spacial score (nSPS) is 14.8. The quantitative estimate of drug-likeness (QED) is 0.711. The van der Waals surface area contributed by atoms with Gasteiger partial charge in [0.25, 0.3) is 5.91 Å². The van der Waals surface area contributed by atoms with Gasteiger partial charge in [-0.15, -0.1) is 0 Å². The monoisotopic (exact) mass is 417 g/mol. The first-order valence-corrected chi connectivity index (χ1v) is 9.26. The fourth-order valence-corrected chi connectivity index (χ4v) is 3.63. The standard InChI is InChI=1S/C21H18F3N3O3/c22-21(23,24)16-11-13(26-7-9-30-10-8-26)5-6-18(16)27-12-15(20(25)29)19(28)14-3-1-2-4-17(14)27/h1-6,11-12H,7-10H2,(H2,25,29). The van der Waals surface area contributed by atoms with Crippen LogP contribution in [0.5, 0.6) is 0 Å². The Bertz CT molecular complexity index is 1180. The molecule has 1 saturated heterocycles. The summed E-state index contributed by atoms with van der Waals surface area (Å²) >= 11 is 0. The Balaban J connectivity index is 1.98. The number of benzene rings is 2. The minimum Gasteiger partial charge on any atom is -0.378 e. The number of para-hydroxylation sites is 1. The number of alkyl halides is 3. The van der Waals surface area contributed by atoms with Crippen LogP contribution in [0.15, 0.2) is 53.5 Å². The molecule has 9 heteroatoms. The number of halogens is 3. The molecule has 0 saturated carbocycles. The summed E-state index contributed by atoms with van der Waals surface area (Å²) in [7, 11) is 0. The van der Waals surface area contributed by atoms with Crippen LogP contribution >= 0.6 is 0 Å². The molecule has 0 atom stereocenters. The number of ether oxygens (including phenoxy) is 1. The predicted molar refractivity (Wildman–Crippen MR) is 106 cm³/mol. The highest BCUT2D eigenvalue weighted by molar-refractivity contribution is 5.96. The number of rotatable bonds is 3. The maximum Gasteiger partial charge on any atom is 0.418 e. The Hall–Kier alpha value is -3.33. The van der Waals surface area contributed by atoms with Crippen molar-refractivity contribution in [1.29, 1.82) is 0 Å². The highest BCUT2D eigenvalue weighted by atomic mass is 19.4. The predicted octanol–water partition coefficient (Wildman–Crippen LogP) is 2.95. The molecule has 1 aliphatic heterocycles. The van der Waals surface area contributed by atoms with E-state index in [1.54, 1.807) is 18.2 Å². The number of fused-ring (bicyclic) bond motifs is 1. The molecular weight excluding hydrogens is 399 g/mol. The van der Waals surface area contributed by atoms with E-state index in [-0.39, 0.29) is 22.2 Å². The third-order valence-corrected chi connectivity index (χ3v) is 5.10. The molecule has 2 heterocycles. The molecular formula is C21H18F3N3O3. The van der Waals surface area contributed by atoms with Gasteiger partial charge in [-0.1, -0.05) is 12.1 Å². The van der Waals surface area contributed by atoms with Gasteiger partial charge in [0, 0.05) is 30.4 Å². The van der Waals surface area contributed by atoms with E-state index in [2.05, 4.69) is 0 Å². The molecule has 3 aromatic rings. The lowest BCUT2D eigenvalue weighted by atomic mass is 10.1. The van der Waals surface area contributed by atoms with Crippen molar-refractivity contribution in [1.82, 2.24) is 4.57 Å². The van der Waals surface area contributed by atoms with Crippen molar-refractivity contribution >= 4 is 22.5 Å². The first-order chi connectivity index (χ1) is 14.3. The van der Waals surface area contributed by atoms with Gasteiger partial charge in [0.2, 0.25) is 5.43 Å². The molecule has 4 rings (SSSR count). The van der Waals surface area contributed by atoms with E-state index in [9.17, 15) is 22.8 Å². The Kier molecular flexibility index (Phi) is 4.98. The molecule has 1 fully saturated rings. The highest BCUT2D eigenvalue weighted by Crippen LogP contribution is 2.37. The summed E-state index contributed by atoms with van der Waals surface area (Å²) in [5, 5.41) is 0.110. The lowest BCUT2D eigenvalue weighted by Crippen LogP contribution is -2.36. The number of morpholine rings is 1. The van der Waals surface area contributed by atoms with Gasteiger partial charge in [-0.25, -0.2) is 0 Å². The van der Waals surface area contributed by atoms with E-state index in [4.69, 9.17) is 10.5 Å². The maximum atomic E-state index is 14.0. The number of aromatic nitrogens is 1. The highest BCUT2D eigenvalue weighted by Gasteiger charge is 2.35. The second-order valence-electron chi connectivity index (χ2n) is 6.92. The SMILES string of the molecule is NC(=O)c1cn(-c2ccc(N3CCOCC3)cc2C(F)(F)F)c2ccccc2c1=O. The third kappa shape index (κ3) is 3.52. The van der Waals surface area contributed by atoms with Crippen LogP contribution in [0.25, 0.3) is 16.6 Å². The number of nitrogens with zero attached hydrogens (tertiary/aromatic N) is 2. The smallest absolute Gasteiger partial charge is 0.378 e. The second kappa shape index (κ2) is 7.49. The molecule has 30 heavy (non-hydrogen) atoms. The van der Waals surface area contributed by atoms with Gasteiger partial charge in [-0.05, 0) is 30.3 Å². The average molecular weight is 417 g/mol. The van der Waals surface area contributed by atoms with Crippen molar-refractivity contribution in [2.75, 3.05) is 31.2 Å². The lowest BCUT2D eigenvalue weighted by Gasteiger charge is -2.30. The third-order valence-electron chi connectivity index (χ3n) is 5.10. The van der Waals surface area contributed by atoms with Crippen molar-refractivity contribution in [2.45, 2.75) is 6.18 Å². The summed E-state index contributed by atoms with van der Waals surface area (Å²) < 4.78 is 48.5.